The molecule has 0 atom stereocenters. The zero-order chi connectivity index (χ0) is 21.8. The maximum atomic E-state index is 13.4. The van der Waals surface area contributed by atoms with E-state index in [2.05, 4.69) is 27.7 Å². The van der Waals surface area contributed by atoms with Crippen LogP contribution < -0.4 is 4.90 Å². The highest BCUT2D eigenvalue weighted by Crippen LogP contribution is 2.39. The molecule has 5 nitrogen and oxygen atoms in total. The topological polar surface area (TPSA) is 55.8 Å². The van der Waals surface area contributed by atoms with Gasteiger partial charge >= 0.3 is 0 Å². The summed E-state index contributed by atoms with van der Waals surface area (Å²) in [4.78, 5) is 28.0. The Hall–Kier alpha value is -2.50. The van der Waals surface area contributed by atoms with E-state index in [1.54, 1.807) is 12.1 Å². The first-order chi connectivity index (χ1) is 14.4. The standard InChI is InChI=1S/C25H31NO4/c1-6-29-12-13-30-15-18-10-11-21-22(14-18)25(28)26(24(21)27)23-19(16(2)3)8-7-9-20(23)17(4)5/h7-11,14,16-17H,6,12-13,15H2,1-5H3. The molecule has 5 heteroatoms. The lowest BCUT2D eigenvalue weighted by Crippen LogP contribution is -2.31. The highest BCUT2D eigenvalue weighted by atomic mass is 16.5. The summed E-state index contributed by atoms with van der Waals surface area (Å²) in [6.45, 7) is 12.3. The number of amides is 2. The van der Waals surface area contributed by atoms with Gasteiger partial charge in [-0.2, -0.15) is 0 Å². The Bertz CT molecular complexity index is 906. The van der Waals surface area contributed by atoms with E-state index < -0.39 is 0 Å². The molecule has 1 heterocycles. The fourth-order valence-electron chi connectivity index (χ4n) is 3.80. The molecule has 3 rings (SSSR count). The molecule has 0 aliphatic carbocycles. The van der Waals surface area contributed by atoms with Crippen molar-refractivity contribution in [3.63, 3.8) is 0 Å². The van der Waals surface area contributed by atoms with Crippen LogP contribution in [-0.4, -0.2) is 31.6 Å². The van der Waals surface area contributed by atoms with Crippen LogP contribution >= 0.6 is 0 Å². The average molecular weight is 410 g/mol. The van der Waals surface area contributed by atoms with Crippen LogP contribution in [0.4, 0.5) is 5.69 Å². The summed E-state index contributed by atoms with van der Waals surface area (Å²) in [5.74, 6) is -0.135. The average Bonchev–Trinajstić information content (AvgIpc) is 2.97. The zero-order valence-corrected chi connectivity index (χ0v) is 18.5. The van der Waals surface area contributed by atoms with E-state index in [9.17, 15) is 9.59 Å². The third kappa shape index (κ3) is 4.32. The molecule has 0 bridgehead atoms. The van der Waals surface area contributed by atoms with Gasteiger partial charge in [0.1, 0.15) is 0 Å². The van der Waals surface area contributed by atoms with E-state index in [1.807, 2.05) is 31.2 Å². The molecule has 1 aliphatic heterocycles. The molecule has 1 aliphatic rings. The molecular weight excluding hydrogens is 378 g/mol. The molecule has 2 aromatic rings. The largest absolute Gasteiger partial charge is 0.379 e. The lowest BCUT2D eigenvalue weighted by atomic mass is 9.92. The van der Waals surface area contributed by atoms with Crippen molar-refractivity contribution >= 4 is 17.5 Å². The highest BCUT2D eigenvalue weighted by molar-refractivity contribution is 6.35. The quantitative estimate of drug-likeness (QED) is 0.417. The van der Waals surface area contributed by atoms with Gasteiger partial charge in [0.2, 0.25) is 0 Å². The predicted molar refractivity (Wildman–Crippen MR) is 118 cm³/mol. The van der Waals surface area contributed by atoms with Crippen LogP contribution in [0.5, 0.6) is 0 Å². The summed E-state index contributed by atoms with van der Waals surface area (Å²) < 4.78 is 10.9. The Labute approximate surface area is 179 Å². The Kier molecular flexibility index (Phi) is 7.06. The predicted octanol–water partition coefficient (Wildman–Crippen LogP) is 5.29. The number of hydrogen-bond acceptors (Lipinski definition) is 4. The number of carbonyl (C=O) groups excluding carboxylic acids is 2. The number of imide groups is 1. The van der Waals surface area contributed by atoms with Crippen molar-refractivity contribution in [3.05, 3.63) is 64.2 Å². The second kappa shape index (κ2) is 9.54. The second-order valence-corrected chi connectivity index (χ2v) is 8.17. The third-order valence-electron chi connectivity index (χ3n) is 5.36. The first-order valence-corrected chi connectivity index (χ1v) is 10.7. The normalized spacial score (nSPS) is 13.6. The summed E-state index contributed by atoms with van der Waals surface area (Å²) in [6, 6.07) is 11.4. The van der Waals surface area contributed by atoms with Crippen LogP contribution in [0.1, 0.15) is 83.9 Å². The molecule has 0 radical (unpaired) electrons. The van der Waals surface area contributed by atoms with Gasteiger partial charge in [0.25, 0.3) is 11.8 Å². The Balaban J connectivity index is 1.93. The molecule has 2 aromatic carbocycles. The van der Waals surface area contributed by atoms with E-state index in [4.69, 9.17) is 9.47 Å². The van der Waals surface area contributed by atoms with Crippen LogP contribution in [0.2, 0.25) is 0 Å². The smallest absolute Gasteiger partial charge is 0.266 e. The molecule has 160 valence electrons. The molecule has 0 unspecified atom stereocenters. The van der Waals surface area contributed by atoms with Crippen LogP contribution in [0, 0.1) is 0 Å². The Morgan fingerprint density at radius 1 is 0.833 bits per heavy atom. The van der Waals surface area contributed by atoms with Gasteiger partial charge in [0.15, 0.2) is 0 Å². The molecule has 2 amide bonds. The van der Waals surface area contributed by atoms with Crippen molar-refractivity contribution in [2.24, 2.45) is 0 Å². The van der Waals surface area contributed by atoms with E-state index in [0.29, 0.717) is 37.6 Å². The number of rotatable bonds is 9. The SMILES string of the molecule is CCOCCOCc1ccc2c(c1)C(=O)N(c1c(C(C)C)cccc1C(C)C)C2=O. The van der Waals surface area contributed by atoms with E-state index in [1.165, 1.54) is 4.90 Å². The molecule has 0 saturated heterocycles. The van der Waals surface area contributed by atoms with Gasteiger partial charge in [-0.25, -0.2) is 4.90 Å². The van der Waals surface area contributed by atoms with Crippen molar-refractivity contribution in [3.8, 4) is 0 Å². The van der Waals surface area contributed by atoms with E-state index >= 15 is 0 Å². The van der Waals surface area contributed by atoms with Gasteiger partial charge in [-0.15, -0.1) is 0 Å². The van der Waals surface area contributed by atoms with Gasteiger partial charge in [0, 0.05) is 6.61 Å². The number of ether oxygens (including phenoxy) is 2. The molecular formula is C25H31NO4. The van der Waals surface area contributed by atoms with Crippen LogP contribution in [-0.2, 0) is 16.1 Å². The Morgan fingerprint density at radius 3 is 2.03 bits per heavy atom. The zero-order valence-electron chi connectivity index (χ0n) is 18.5. The third-order valence-corrected chi connectivity index (χ3v) is 5.36. The molecule has 0 saturated carbocycles. The number of para-hydroxylation sites is 1. The van der Waals surface area contributed by atoms with Crippen molar-refractivity contribution in [1.82, 2.24) is 0 Å². The number of carbonyl (C=O) groups is 2. The van der Waals surface area contributed by atoms with Crippen molar-refractivity contribution < 1.29 is 19.1 Å². The lowest BCUT2D eigenvalue weighted by molar-refractivity contribution is 0.0453. The van der Waals surface area contributed by atoms with E-state index in [-0.39, 0.29) is 23.7 Å². The number of hydrogen-bond donors (Lipinski definition) is 0. The van der Waals surface area contributed by atoms with E-state index in [0.717, 1.165) is 22.4 Å². The summed E-state index contributed by atoms with van der Waals surface area (Å²) in [5, 5.41) is 0. The van der Waals surface area contributed by atoms with Gasteiger partial charge in [-0.05, 0) is 47.6 Å². The van der Waals surface area contributed by atoms with Crippen molar-refractivity contribution in [2.75, 3.05) is 24.7 Å². The first-order valence-electron chi connectivity index (χ1n) is 10.7. The minimum atomic E-state index is -0.263. The maximum Gasteiger partial charge on any atom is 0.266 e. The summed E-state index contributed by atoms with van der Waals surface area (Å²) >= 11 is 0. The number of nitrogens with zero attached hydrogens (tertiary/aromatic N) is 1. The van der Waals surface area contributed by atoms with Crippen LogP contribution in [0.25, 0.3) is 0 Å². The monoisotopic (exact) mass is 409 g/mol. The lowest BCUT2D eigenvalue weighted by Gasteiger charge is -2.25. The number of fused-ring (bicyclic) bond motifs is 1. The minimum Gasteiger partial charge on any atom is -0.379 e. The van der Waals surface area contributed by atoms with Gasteiger partial charge < -0.3 is 9.47 Å². The van der Waals surface area contributed by atoms with Gasteiger partial charge in [-0.1, -0.05) is 52.0 Å². The van der Waals surface area contributed by atoms with Crippen molar-refractivity contribution in [2.45, 2.75) is 53.1 Å². The highest BCUT2D eigenvalue weighted by Gasteiger charge is 2.39. The van der Waals surface area contributed by atoms with Crippen molar-refractivity contribution in [1.29, 1.82) is 0 Å². The van der Waals surface area contributed by atoms with Gasteiger partial charge in [-0.3, -0.25) is 9.59 Å². The second-order valence-electron chi connectivity index (χ2n) is 8.17. The molecule has 0 fully saturated rings. The Morgan fingerprint density at radius 2 is 1.43 bits per heavy atom. The summed E-state index contributed by atoms with van der Waals surface area (Å²) in [6.07, 6.45) is 0. The molecule has 30 heavy (non-hydrogen) atoms. The fraction of sp³-hybridized carbons (Fsp3) is 0.440. The van der Waals surface area contributed by atoms with Crippen LogP contribution in [0.3, 0.4) is 0 Å². The van der Waals surface area contributed by atoms with Gasteiger partial charge in [0.05, 0.1) is 36.6 Å². The molecule has 0 aromatic heterocycles. The molecule has 0 spiro atoms. The minimum absolute atomic E-state index is 0.192. The first kappa shape index (κ1) is 22.2. The molecule has 0 N–H and O–H groups in total. The number of benzene rings is 2. The number of anilines is 1. The fourth-order valence-corrected chi connectivity index (χ4v) is 3.80. The van der Waals surface area contributed by atoms with Crippen LogP contribution in [0.15, 0.2) is 36.4 Å². The maximum absolute atomic E-state index is 13.4. The summed E-state index contributed by atoms with van der Waals surface area (Å²) in [7, 11) is 0. The summed E-state index contributed by atoms with van der Waals surface area (Å²) in [5.41, 5.74) is 4.52.